The van der Waals surface area contributed by atoms with Crippen molar-refractivity contribution in [2.24, 2.45) is 5.73 Å². The van der Waals surface area contributed by atoms with E-state index in [2.05, 4.69) is 11.9 Å². The zero-order valence-electron chi connectivity index (χ0n) is 10.3. The number of likely N-dealkylation sites (tertiary alicyclic amines) is 1. The Labute approximate surface area is 101 Å². The summed E-state index contributed by atoms with van der Waals surface area (Å²) in [5.41, 5.74) is 6.02. The molecule has 1 fully saturated rings. The number of nitrogens with two attached hydrogens (primary N) is 1. The molecule has 5 heteroatoms. The number of carbonyl (C=O) groups is 1. The quantitative estimate of drug-likeness (QED) is 0.849. The molecule has 0 aliphatic carbocycles. The molecule has 1 amide bonds. The van der Waals surface area contributed by atoms with Gasteiger partial charge >= 0.3 is 0 Å². The van der Waals surface area contributed by atoms with Gasteiger partial charge in [-0.3, -0.25) is 4.79 Å². The third-order valence-electron chi connectivity index (χ3n) is 3.19. The highest BCUT2D eigenvalue weighted by Crippen LogP contribution is 2.19. The van der Waals surface area contributed by atoms with Gasteiger partial charge in [0, 0.05) is 12.6 Å². The van der Waals surface area contributed by atoms with Crippen LogP contribution in [0.15, 0.2) is 10.7 Å². The van der Waals surface area contributed by atoms with Crippen molar-refractivity contribution in [3.05, 3.63) is 17.8 Å². The second-order valence-corrected chi connectivity index (χ2v) is 4.70. The first kappa shape index (κ1) is 12.1. The Morgan fingerprint density at radius 1 is 1.65 bits per heavy atom. The molecule has 0 bridgehead atoms. The lowest BCUT2D eigenvalue weighted by atomic mass is 10.0. The molecule has 17 heavy (non-hydrogen) atoms. The molecule has 2 heterocycles. The number of aromatic nitrogens is 1. The average molecular weight is 237 g/mol. The summed E-state index contributed by atoms with van der Waals surface area (Å²) in [6.07, 6.45) is 4.72. The van der Waals surface area contributed by atoms with Crippen molar-refractivity contribution in [2.45, 2.75) is 45.2 Å². The third kappa shape index (κ3) is 2.49. The molecule has 2 N–H and O–H groups in total. The molecule has 2 rings (SSSR count). The van der Waals surface area contributed by atoms with Crippen molar-refractivity contribution >= 4 is 5.91 Å². The maximum absolute atomic E-state index is 12.2. The third-order valence-corrected chi connectivity index (χ3v) is 3.19. The lowest BCUT2D eigenvalue weighted by Gasteiger charge is -2.32. The van der Waals surface area contributed by atoms with Gasteiger partial charge in [0.25, 0.3) is 5.91 Å². The molecule has 1 saturated heterocycles. The van der Waals surface area contributed by atoms with Gasteiger partial charge in [-0.15, -0.1) is 0 Å². The Morgan fingerprint density at radius 3 is 3.00 bits per heavy atom. The van der Waals surface area contributed by atoms with E-state index in [0.717, 1.165) is 19.4 Å². The van der Waals surface area contributed by atoms with E-state index >= 15 is 0 Å². The van der Waals surface area contributed by atoms with Crippen LogP contribution >= 0.6 is 0 Å². The van der Waals surface area contributed by atoms with Crippen molar-refractivity contribution in [1.29, 1.82) is 0 Å². The summed E-state index contributed by atoms with van der Waals surface area (Å²) in [6.45, 7) is 4.66. The molecular weight excluding hydrogens is 218 g/mol. The zero-order valence-corrected chi connectivity index (χ0v) is 10.3. The predicted octanol–water partition coefficient (Wildman–Crippen LogP) is 1.71. The molecule has 94 valence electrons. The highest BCUT2D eigenvalue weighted by molar-refractivity contribution is 5.92. The molecule has 1 aromatic heterocycles. The van der Waals surface area contributed by atoms with Crippen LogP contribution in [0, 0.1) is 0 Å². The zero-order chi connectivity index (χ0) is 12.4. The van der Waals surface area contributed by atoms with Crippen LogP contribution in [0.3, 0.4) is 0 Å². The van der Waals surface area contributed by atoms with Gasteiger partial charge < -0.3 is 15.1 Å². The van der Waals surface area contributed by atoms with Gasteiger partial charge in [0.2, 0.25) is 5.89 Å². The van der Waals surface area contributed by atoms with E-state index in [-0.39, 0.29) is 18.0 Å². The second-order valence-electron chi connectivity index (χ2n) is 4.70. The Bertz CT molecular complexity index is 400. The monoisotopic (exact) mass is 237 g/mol. The molecule has 2 unspecified atom stereocenters. The van der Waals surface area contributed by atoms with Crippen LogP contribution in [0.4, 0.5) is 0 Å². The molecule has 1 aliphatic rings. The number of amides is 1. The Balaban J connectivity index is 2.12. The first-order chi connectivity index (χ1) is 8.09. The number of piperidine rings is 1. The summed E-state index contributed by atoms with van der Waals surface area (Å²) in [5.74, 6) is 0.367. The molecular formula is C12H19N3O2. The number of oxazole rings is 1. The first-order valence-corrected chi connectivity index (χ1v) is 6.11. The lowest BCUT2D eigenvalue weighted by molar-refractivity contribution is 0.0629. The topological polar surface area (TPSA) is 72.4 Å². The normalized spacial score (nSPS) is 22.5. The van der Waals surface area contributed by atoms with Crippen LogP contribution in [0.5, 0.6) is 0 Å². The molecule has 2 atom stereocenters. The van der Waals surface area contributed by atoms with E-state index in [1.165, 1.54) is 12.7 Å². The highest BCUT2D eigenvalue weighted by atomic mass is 16.3. The summed E-state index contributed by atoms with van der Waals surface area (Å²) < 4.78 is 5.19. The van der Waals surface area contributed by atoms with Gasteiger partial charge in [0.1, 0.15) is 6.26 Å². The maximum Gasteiger partial charge on any atom is 0.276 e. The molecule has 0 spiro atoms. The molecule has 5 nitrogen and oxygen atoms in total. The van der Waals surface area contributed by atoms with E-state index in [4.69, 9.17) is 10.2 Å². The van der Waals surface area contributed by atoms with Gasteiger partial charge in [-0.05, 0) is 33.1 Å². The minimum atomic E-state index is -0.282. The van der Waals surface area contributed by atoms with E-state index in [0.29, 0.717) is 11.6 Å². The number of nitrogens with zero attached hydrogens (tertiary/aromatic N) is 2. The molecule has 0 saturated carbocycles. The van der Waals surface area contributed by atoms with Crippen molar-refractivity contribution in [2.75, 3.05) is 6.54 Å². The van der Waals surface area contributed by atoms with Crippen LogP contribution in [0.1, 0.15) is 55.5 Å². The van der Waals surface area contributed by atoms with Gasteiger partial charge in [0.05, 0.1) is 6.04 Å². The summed E-state index contributed by atoms with van der Waals surface area (Å²) in [4.78, 5) is 18.2. The van der Waals surface area contributed by atoms with Crippen LogP contribution in [-0.2, 0) is 0 Å². The highest BCUT2D eigenvalue weighted by Gasteiger charge is 2.26. The Kier molecular flexibility index (Phi) is 3.47. The standard InChI is InChI=1S/C12H19N3O2/c1-8-5-3-4-6-15(8)12(16)10-7-17-11(14-10)9(2)13/h7-9H,3-6,13H2,1-2H3. The Morgan fingerprint density at radius 2 is 2.41 bits per heavy atom. The summed E-state index contributed by atoms with van der Waals surface area (Å²) in [6, 6.07) is 0.00188. The van der Waals surface area contributed by atoms with Crippen LogP contribution in [0.2, 0.25) is 0 Å². The van der Waals surface area contributed by atoms with Crippen molar-refractivity contribution in [1.82, 2.24) is 9.88 Å². The lowest BCUT2D eigenvalue weighted by Crippen LogP contribution is -2.42. The fourth-order valence-electron chi connectivity index (χ4n) is 2.14. The molecule has 1 aromatic rings. The average Bonchev–Trinajstić information content (AvgIpc) is 2.78. The van der Waals surface area contributed by atoms with E-state index in [9.17, 15) is 4.79 Å². The fraction of sp³-hybridized carbons (Fsp3) is 0.667. The maximum atomic E-state index is 12.2. The van der Waals surface area contributed by atoms with Crippen molar-refractivity contribution < 1.29 is 9.21 Å². The summed E-state index contributed by atoms with van der Waals surface area (Å²) in [7, 11) is 0. The van der Waals surface area contributed by atoms with Gasteiger partial charge in [-0.25, -0.2) is 4.98 Å². The predicted molar refractivity (Wildman–Crippen MR) is 63.5 cm³/mol. The van der Waals surface area contributed by atoms with Gasteiger partial charge in [-0.2, -0.15) is 0 Å². The number of hydrogen-bond donors (Lipinski definition) is 1. The van der Waals surface area contributed by atoms with Crippen LogP contribution in [0.25, 0.3) is 0 Å². The summed E-state index contributed by atoms with van der Waals surface area (Å²) in [5, 5.41) is 0. The number of carbonyl (C=O) groups excluding carboxylic acids is 1. The fourth-order valence-corrected chi connectivity index (χ4v) is 2.14. The van der Waals surface area contributed by atoms with Crippen molar-refractivity contribution in [3.63, 3.8) is 0 Å². The number of hydrogen-bond acceptors (Lipinski definition) is 4. The molecule has 0 radical (unpaired) electrons. The minimum absolute atomic E-state index is 0.0483. The molecule has 0 aromatic carbocycles. The van der Waals surface area contributed by atoms with Crippen LogP contribution < -0.4 is 5.73 Å². The summed E-state index contributed by atoms with van der Waals surface area (Å²) >= 11 is 0. The second kappa shape index (κ2) is 4.87. The SMILES string of the molecule is CC(N)c1nc(C(=O)N2CCCCC2C)co1. The van der Waals surface area contributed by atoms with E-state index in [1.807, 2.05) is 4.90 Å². The van der Waals surface area contributed by atoms with E-state index in [1.54, 1.807) is 6.92 Å². The smallest absolute Gasteiger partial charge is 0.276 e. The first-order valence-electron chi connectivity index (χ1n) is 6.11. The van der Waals surface area contributed by atoms with Gasteiger partial charge in [0.15, 0.2) is 5.69 Å². The Hall–Kier alpha value is -1.36. The number of rotatable bonds is 2. The molecule has 1 aliphatic heterocycles. The van der Waals surface area contributed by atoms with Crippen LogP contribution in [-0.4, -0.2) is 28.4 Å². The van der Waals surface area contributed by atoms with E-state index < -0.39 is 0 Å². The minimum Gasteiger partial charge on any atom is -0.446 e. The largest absolute Gasteiger partial charge is 0.446 e. The van der Waals surface area contributed by atoms with Crippen molar-refractivity contribution in [3.8, 4) is 0 Å². The van der Waals surface area contributed by atoms with Gasteiger partial charge in [-0.1, -0.05) is 0 Å².